The third-order valence-electron chi connectivity index (χ3n) is 5.33. The number of nitrogens with zero attached hydrogens (tertiary/aromatic N) is 1. The maximum atomic E-state index is 12.4. The van der Waals surface area contributed by atoms with Gasteiger partial charge in [-0.25, -0.2) is 0 Å². The van der Waals surface area contributed by atoms with Gasteiger partial charge < -0.3 is 10.1 Å². The van der Waals surface area contributed by atoms with Gasteiger partial charge in [0.2, 0.25) is 5.91 Å². The van der Waals surface area contributed by atoms with Crippen LogP contribution in [0, 0.1) is 5.92 Å². The van der Waals surface area contributed by atoms with Gasteiger partial charge in [0, 0.05) is 23.0 Å². The molecule has 1 fully saturated rings. The van der Waals surface area contributed by atoms with Crippen LogP contribution >= 0.6 is 23.4 Å². The van der Waals surface area contributed by atoms with Gasteiger partial charge in [-0.2, -0.15) is 0 Å². The van der Waals surface area contributed by atoms with Crippen LogP contribution < -0.4 is 10.1 Å². The lowest BCUT2D eigenvalue weighted by Crippen LogP contribution is -2.40. The van der Waals surface area contributed by atoms with E-state index in [0.29, 0.717) is 10.9 Å². The quantitative estimate of drug-likeness (QED) is 0.605. The molecule has 0 aliphatic carbocycles. The number of amides is 1. The topological polar surface area (TPSA) is 41.6 Å². The molecule has 1 aliphatic rings. The number of piperidine rings is 1. The summed E-state index contributed by atoms with van der Waals surface area (Å²) in [6, 6.07) is 15.9. The molecule has 156 valence electrons. The summed E-state index contributed by atoms with van der Waals surface area (Å²) in [5.74, 6) is 1.55. The average Bonchev–Trinajstić information content (AvgIpc) is 2.75. The van der Waals surface area contributed by atoms with Crippen LogP contribution in [0.5, 0.6) is 5.75 Å². The highest BCUT2D eigenvalue weighted by molar-refractivity contribution is 8.00. The van der Waals surface area contributed by atoms with Gasteiger partial charge in [0.05, 0.1) is 12.4 Å². The Balaban J connectivity index is 1.36. The lowest BCUT2D eigenvalue weighted by Gasteiger charge is -2.32. The molecule has 1 aliphatic heterocycles. The molecule has 0 aromatic heterocycles. The number of nitrogens with one attached hydrogen (secondary N) is 1. The number of hydrogen-bond donors (Lipinski definition) is 1. The molecule has 1 amide bonds. The number of thioether (sulfide) groups is 1. The molecule has 2 aromatic rings. The first kappa shape index (κ1) is 22.0. The van der Waals surface area contributed by atoms with Crippen molar-refractivity contribution in [2.75, 3.05) is 26.7 Å². The van der Waals surface area contributed by atoms with Gasteiger partial charge in [-0.1, -0.05) is 23.7 Å². The number of carbonyl (C=O) groups is 1. The average molecular weight is 433 g/mol. The standard InChI is InChI=1S/C23H29ClN2O2S/c1-17(29-22-9-5-20(24)6-10-22)23(27)25-15-18-11-13-26(14-12-18)16-19-3-7-21(28-2)8-4-19/h3-10,17-18H,11-16H2,1-2H3,(H,25,27). The number of benzene rings is 2. The number of rotatable bonds is 8. The lowest BCUT2D eigenvalue weighted by molar-refractivity contribution is -0.120. The summed E-state index contributed by atoms with van der Waals surface area (Å²) < 4.78 is 5.22. The summed E-state index contributed by atoms with van der Waals surface area (Å²) in [4.78, 5) is 16.0. The number of carbonyl (C=O) groups excluding carboxylic acids is 1. The lowest BCUT2D eigenvalue weighted by atomic mass is 9.96. The van der Waals surface area contributed by atoms with Crippen LogP contribution in [0.25, 0.3) is 0 Å². The molecule has 4 nitrogen and oxygen atoms in total. The van der Waals surface area contributed by atoms with Crippen molar-refractivity contribution in [3.05, 3.63) is 59.1 Å². The maximum absolute atomic E-state index is 12.4. The molecule has 29 heavy (non-hydrogen) atoms. The van der Waals surface area contributed by atoms with Crippen molar-refractivity contribution in [1.29, 1.82) is 0 Å². The van der Waals surface area contributed by atoms with Crippen molar-refractivity contribution < 1.29 is 9.53 Å². The first-order valence-electron chi connectivity index (χ1n) is 10.1. The highest BCUT2D eigenvalue weighted by atomic mass is 35.5. The minimum Gasteiger partial charge on any atom is -0.497 e. The molecular formula is C23H29ClN2O2S. The van der Waals surface area contributed by atoms with E-state index in [4.69, 9.17) is 16.3 Å². The summed E-state index contributed by atoms with van der Waals surface area (Å²) in [6.45, 7) is 5.83. The number of methoxy groups -OCH3 is 1. The van der Waals surface area contributed by atoms with E-state index in [9.17, 15) is 4.79 Å². The highest BCUT2D eigenvalue weighted by Gasteiger charge is 2.21. The first-order chi connectivity index (χ1) is 14.0. The molecule has 6 heteroatoms. The molecule has 3 rings (SSSR count). The van der Waals surface area contributed by atoms with E-state index in [0.717, 1.165) is 49.7 Å². The fraction of sp³-hybridized carbons (Fsp3) is 0.435. The Morgan fingerprint density at radius 2 is 1.83 bits per heavy atom. The summed E-state index contributed by atoms with van der Waals surface area (Å²) in [5, 5.41) is 3.74. The molecule has 2 aromatic carbocycles. The molecule has 0 radical (unpaired) electrons. The van der Waals surface area contributed by atoms with E-state index in [-0.39, 0.29) is 11.2 Å². The summed E-state index contributed by atoms with van der Waals surface area (Å²) in [6.07, 6.45) is 2.24. The van der Waals surface area contributed by atoms with E-state index < -0.39 is 0 Å². The second-order valence-corrected chi connectivity index (χ2v) is 9.38. The monoisotopic (exact) mass is 432 g/mol. The molecule has 1 unspecified atom stereocenters. The van der Waals surface area contributed by atoms with Gasteiger partial charge in [-0.3, -0.25) is 9.69 Å². The van der Waals surface area contributed by atoms with Crippen LogP contribution in [-0.4, -0.2) is 42.8 Å². The largest absolute Gasteiger partial charge is 0.497 e. The minimum atomic E-state index is -0.119. The molecule has 0 saturated carbocycles. The highest BCUT2D eigenvalue weighted by Crippen LogP contribution is 2.25. The molecule has 1 atom stereocenters. The Kier molecular flexibility index (Phi) is 8.28. The summed E-state index contributed by atoms with van der Waals surface area (Å²) in [5.41, 5.74) is 1.31. The van der Waals surface area contributed by atoms with Crippen LogP contribution in [0.4, 0.5) is 0 Å². The van der Waals surface area contributed by atoms with E-state index in [2.05, 4.69) is 22.3 Å². The van der Waals surface area contributed by atoms with Gasteiger partial charge in [0.15, 0.2) is 0 Å². The summed E-state index contributed by atoms with van der Waals surface area (Å²) >= 11 is 7.48. The van der Waals surface area contributed by atoms with E-state index in [1.54, 1.807) is 18.9 Å². The van der Waals surface area contributed by atoms with Crippen molar-refractivity contribution in [3.8, 4) is 5.75 Å². The van der Waals surface area contributed by atoms with Crippen molar-refractivity contribution in [2.45, 2.75) is 36.5 Å². The van der Waals surface area contributed by atoms with Gasteiger partial charge >= 0.3 is 0 Å². The second-order valence-electron chi connectivity index (χ2n) is 7.53. The smallest absolute Gasteiger partial charge is 0.233 e. The predicted molar refractivity (Wildman–Crippen MR) is 121 cm³/mol. The SMILES string of the molecule is COc1ccc(CN2CCC(CNC(=O)C(C)Sc3ccc(Cl)cc3)CC2)cc1. The van der Waals surface area contributed by atoms with Gasteiger partial charge in [-0.15, -0.1) is 11.8 Å². The van der Waals surface area contributed by atoms with Crippen LogP contribution in [0.3, 0.4) is 0 Å². The Morgan fingerprint density at radius 3 is 2.45 bits per heavy atom. The zero-order chi connectivity index (χ0) is 20.6. The van der Waals surface area contributed by atoms with E-state index in [1.807, 2.05) is 43.3 Å². The van der Waals surface area contributed by atoms with Crippen LogP contribution in [0.15, 0.2) is 53.4 Å². The zero-order valence-corrected chi connectivity index (χ0v) is 18.6. The van der Waals surface area contributed by atoms with Crippen LogP contribution in [0.2, 0.25) is 5.02 Å². The number of hydrogen-bond acceptors (Lipinski definition) is 4. The third kappa shape index (κ3) is 6.95. The second kappa shape index (κ2) is 10.9. The zero-order valence-electron chi connectivity index (χ0n) is 17.1. The molecule has 0 spiro atoms. The Hall–Kier alpha value is -1.69. The number of likely N-dealkylation sites (tertiary alicyclic amines) is 1. The van der Waals surface area contributed by atoms with Crippen molar-refractivity contribution >= 4 is 29.3 Å². The Morgan fingerprint density at radius 1 is 1.17 bits per heavy atom. The molecular weight excluding hydrogens is 404 g/mol. The number of ether oxygens (including phenoxy) is 1. The summed E-state index contributed by atoms with van der Waals surface area (Å²) in [7, 11) is 1.69. The van der Waals surface area contributed by atoms with Crippen molar-refractivity contribution in [1.82, 2.24) is 10.2 Å². The first-order valence-corrected chi connectivity index (χ1v) is 11.3. The fourth-order valence-corrected chi connectivity index (χ4v) is 4.52. The fourth-order valence-electron chi connectivity index (χ4n) is 3.50. The van der Waals surface area contributed by atoms with Gasteiger partial charge in [0.1, 0.15) is 5.75 Å². The molecule has 1 heterocycles. The third-order valence-corrected chi connectivity index (χ3v) is 6.70. The van der Waals surface area contributed by atoms with Gasteiger partial charge in [-0.05, 0) is 80.7 Å². The van der Waals surface area contributed by atoms with E-state index >= 15 is 0 Å². The Labute approximate surface area is 183 Å². The Bertz CT molecular complexity index is 774. The predicted octanol–water partition coefficient (Wildman–Crippen LogP) is 4.86. The maximum Gasteiger partial charge on any atom is 0.233 e. The minimum absolute atomic E-state index is 0.102. The van der Waals surface area contributed by atoms with Crippen LogP contribution in [0.1, 0.15) is 25.3 Å². The molecule has 0 bridgehead atoms. The molecule has 1 saturated heterocycles. The van der Waals surface area contributed by atoms with Gasteiger partial charge in [0.25, 0.3) is 0 Å². The van der Waals surface area contributed by atoms with Crippen molar-refractivity contribution in [2.24, 2.45) is 5.92 Å². The van der Waals surface area contributed by atoms with E-state index in [1.165, 1.54) is 5.56 Å². The normalized spacial score (nSPS) is 16.4. The van der Waals surface area contributed by atoms with Crippen molar-refractivity contribution in [3.63, 3.8) is 0 Å². The number of halogens is 1. The van der Waals surface area contributed by atoms with Crippen LogP contribution in [-0.2, 0) is 11.3 Å². The molecule has 1 N–H and O–H groups in total.